The fourth-order valence-corrected chi connectivity index (χ4v) is 1.86. The van der Waals surface area contributed by atoms with Crippen LogP contribution in [0, 0.1) is 10.1 Å². The third kappa shape index (κ3) is 2.26. The van der Waals surface area contributed by atoms with Gasteiger partial charge in [-0.25, -0.2) is 14.3 Å². The summed E-state index contributed by atoms with van der Waals surface area (Å²) in [6.07, 6.45) is 0.0112. The van der Waals surface area contributed by atoms with Crippen molar-refractivity contribution in [1.29, 1.82) is 0 Å². The molecule has 0 aliphatic heterocycles. The monoisotopic (exact) mass is 263 g/mol. The fourth-order valence-electron chi connectivity index (χ4n) is 1.86. The van der Waals surface area contributed by atoms with Crippen LogP contribution < -0.4 is 0 Å². The average molecular weight is 263 g/mol. The molecule has 7 nitrogen and oxygen atoms in total. The lowest BCUT2D eigenvalue weighted by atomic mass is 10.3. The van der Waals surface area contributed by atoms with Crippen LogP contribution in [-0.2, 0) is 11.2 Å². The summed E-state index contributed by atoms with van der Waals surface area (Å²) >= 11 is 0. The number of aryl methyl sites for hydroxylation is 1. The summed E-state index contributed by atoms with van der Waals surface area (Å²) in [7, 11) is 0. The van der Waals surface area contributed by atoms with Crippen LogP contribution in [-0.4, -0.2) is 27.2 Å². The van der Waals surface area contributed by atoms with Crippen LogP contribution in [0.1, 0.15) is 19.7 Å². The lowest BCUT2D eigenvalue weighted by Crippen LogP contribution is -2.16. The Kier molecular flexibility index (Phi) is 3.46. The topological polar surface area (TPSA) is 87.3 Å². The number of non-ortho nitro benzene ring substituents is 1. The Hall–Kier alpha value is -2.44. The Bertz CT molecular complexity index is 648. The van der Waals surface area contributed by atoms with Gasteiger partial charge in [-0.1, -0.05) is 6.92 Å². The second-order valence-corrected chi connectivity index (χ2v) is 3.85. The molecule has 1 heterocycles. The molecule has 0 spiro atoms. The van der Waals surface area contributed by atoms with Crippen molar-refractivity contribution in [2.45, 2.75) is 20.3 Å². The fraction of sp³-hybridized carbons (Fsp3) is 0.333. The highest BCUT2D eigenvalue weighted by molar-refractivity contribution is 5.88. The molecule has 0 saturated heterocycles. The summed E-state index contributed by atoms with van der Waals surface area (Å²) in [5, 5.41) is 10.7. The maximum absolute atomic E-state index is 11.9. The molecule has 0 aliphatic carbocycles. The van der Waals surface area contributed by atoms with E-state index in [1.54, 1.807) is 6.92 Å². The van der Waals surface area contributed by atoms with E-state index >= 15 is 0 Å². The van der Waals surface area contributed by atoms with Crippen molar-refractivity contribution < 1.29 is 14.5 Å². The van der Waals surface area contributed by atoms with Gasteiger partial charge in [-0.05, 0) is 13.0 Å². The van der Waals surface area contributed by atoms with Gasteiger partial charge in [0, 0.05) is 18.6 Å². The number of carbonyl (C=O) groups is 1. The summed E-state index contributed by atoms with van der Waals surface area (Å²) in [6.45, 7) is 3.83. The number of aromatic nitrogens is 2. The Labute approximate surface area is 109 Å². The standard InChI is InChI=1S/C12H13N3O4/c1-3-11-13-9-7-8(15(17)18)5-6-10(9)14(11)12(16)19-4-2/h5-7H,3-4H2,1-2H3. The zero-order chi connectivity index (χ0) is 14.0. The van der Waals surface area contributed by atoms with E-state index < -0.39 is 11.0 Å². The van der Waals surface area contributed by atoms with E-state index in [4.69, 9.17) is 4.74 Å². The molecule has 1 aromatic heterocycles. The highest BCUT2D eigenvalue weighted by Crippen LogP contribution is 2.22. The van der Waals surface area contributed by atoms with Crippen LogP contribution in [0.15, 0.2) is 18.2 Å². The molecule has 0 bridgehead atoms. The average Bonchev–Trinajstić information content (AvgIpc) is 2.76. The summed E-state index contributed by atoms with van der Waals surface area (Å²) in [5.41, 5.74) is 0.878. The van der Waals surface area contributed by atoms with Gasteiger partial charge < -0.3 is 4.74 Å². The molecule has 100 valence electrons. The van der Waals surface area contributed by atoms with E-state index in [-0.39, 0.29) is 12.3 Å². The molecule has 0 amide bonds. The predicted octanol–water partition coefficient (Wildman–Crippen LogP) is 2.51. The maximum Gasteiger partial charge on any atom is 0.419 e. The number of ether oxygens (including phenoxy) is 1. The lowest BCUT2D eigenvalue weighted by Gasteiger charge is -2.05. The first kappa shape index (κ1) is 13.0. The van der Waals surface area contributed by atoms with Gasteiger partial charge in [0.1, 0.15) is 5.82 Å². The number of nitro groups is 1. The van der Waals surface area contributed by atoms with Crippen LogP contribution >= 0.6 is 0 Å². The Morgan fingerprint density at radius 3 is 2.79 bits per heavy atom. The zero-order valence-corrected chi connectivity index (χ0v) is 10.6. The number of imidazole rings is 1. The van der Waals surface area contributed by atoms with Crippen molar-refractivity contribution in [2.24, 2.45) is 0 Å². The summed E-state index contributed by atoms with van der Waals surface area (Å²) < 4.78 is 6.31. The smallest absolute Gasteiger partial charge is 0.419 e. The van der Waals surface area contributed by atoms with Gasteiger partial charge in [0.2, 0.25) is 0 Å². The number of benzene rings is 1. The lowest BCUT2D eigenvalue weighted by molar-refractivity contribution is -0.384. The molecule has 0 saturated carbocycles. The number of rotatable bonds is 3. The molecule has 0 atom stereocenters. The van der Waals surface area contributed by atoms with E-state index in [1.807, 2.05) is 6.92 Å². The first-order valence-electron chi connectivity index (χ1n) is 5.91. The zero-order valence-electron chi connectivity index (χ0n) is 10.6. The Balaban J connectivity index is 2.62. The molecule has 0 N–H and O–H groups in total. The molecule has 19 heavy (non-hydrogen) atoms. The quantitative estimate of drug-likeness (QED) is 0.627. The molecule has 1 aromatic carbocycles. The molecule has 0 unspecified atom stereocenters. The highest BCUT2D eigenvalue weighted by Gasteiger charge is 2.18. The van der Waals surface area contributed by atoms with Gasteiger partial charge in [-0.3, -0.25) is 10.1 Å². The SMILES string of the molecule is CCOC(=O)n1c(CC)nc2cc([N+](=O)[O-])ccc21. The van der Waals surface area contributed by atoms with Gasteiger partial charge in [0.15, 0.2) is 0 Å². The van der Waals surface area contributed by atoms with Crippen LogP contribution in [0.4, 0.5) is 10.5 Å². The number of fused-ring (bicyclic) bond motifs is 1. The molecule has 0 radical (unpaired) electrons. The van der Waals surface area contributed by atoms with Crippen molar-refractivity contribution in [3.05, 3.63) is 34.1 Å². The van der Waals surface area contributed by atoms with E-state index in [0.717, 1.165) is 0 Å². The van der Waals surface area contributed by atoms with Crippen molar-refractivity contribution >= 4 is 22.8 Å². The van der Waals surface area contributed by atoms with Gasteiger partial charge in [0.05, 0.1) is 22.6 Å². The van der Waals surface area contributed by atoms with Crippen molar-refractivity contribution in [2.75, 3.05) is 6.61 Å². The number of hydrogen-bond acceptors (Lipinski definition) is 5. The molecular formula is C12H13N3O4. The highest BCUT2D eigenvalue weighted by atomic mass is 16.6. The molecule has 7 heteroatoms. The van der Waals surface area contributed by atoms with E-state index in [9.17, 15) is 14.9 Å². The predicted molar refractivity (Wildman–Crippen MR) is 68.2 cm³/mol. The third-order valence-corrected chi connectivity index (χ3v) is 2.68. The first-order chi connectivity index (χ1) is 9.08. The number of hydrogen-bond donors (Lipinski definition) is 0. The van der Waals surface area contributed by atoms with Crippen LogP contribution in [0.3, 0.4) is 0 Å². The number of carbonyl (C=O) groups excluding carboxylic acids is 1. The minimum absolute atomic E-state index is 0.0522. The molecular weight excluding hydrogens is 250 g/mol. The largest absolute Gasteiger partial charge is 0.449 e. The minimum atomic E-state index is -0.518. The second kappa shape index (κ2) is 5.05. The molecule has 2 rings (SSSR count). The van der Waals surface area contributed by atoms with Gasteiger partial charge in [0.25, 0.3) is 5.69 Å². The minimum Gasteiger partial charge on any atom is -0.449 e. The number of nitrogens with zero attached hydrogens (tertiary/aromatic N) is 3. The number of nitro benzene ring substituents is 1. The second-order valence-electron chi connectivity index (χ2n) is 3.85. The van der Waals surface area contributed by atoms with Crippen LogP contribution in [0.25, 0.3) is 11.0 Å². The first-order valence-corrected chi connectivity index (χ1v) is 5.91. The normalized spacial score (nSPS) is 10.6. The summed E-state index contributed by atoms with van der Waals surface area (Å²) in [5.74, 6) is 0.522. The van der Waals surface area contributed by atoms with Gasteiger partial charge >= 0.3 is 6.09 Å². The van der Waals surface area contributed by atoms with E-state index in [0.29, 0.717) is 23.3 Å². The van der Waals surface area contributed by atoms with Gasteiger partial charge in [-0.15, -0.1) is 0 Å². The summed E-state index contributed by atoms with van der Waals surface area (Å²) in [4.78, 5) is 26.4. The van der Waals surface area contributed by atoms with Crippen molar-refractivity contribution in [1.82, 2.24) is 9.55 Å². The van der Waals surface area contributed by atoms with Crippen LogP contribution in [0.5, 0.6) is 0 Å². The third-order valence-electron chi connectivity index (χ3n) is 2.68. The van der Waals surface area contributed by atoms with E-state index in [2.05, 4.69) is 4.98 Å². The summed E-state index contributed by atoms with van der Waals surface area (Å²) in [6, 6.07) is 4.21. The van der Waals surface area contributed by atoms with Crippen LogP contribution in [0.2, 0.25) is 0 Å². The molecule has 2 aromatic rings. The Morgan fingerprint density at radius 2 is 2.21 bits per heavy atom. The molecule has 0 aliphatic rings. The van der Waals surface area contributed by atoms with Crippen molar-refractivity contribution in [3.8, 4) is 0 Å². The van der Waals surface area contributed by atoms with Crippen molar-refractivity contribution in [3.63, 3.8) is 0 Å². The maximum atomic E-state index is 11.9. The molecule has 0 fully saturated rings. The van der Waals surface area contributed by atoms with E-state index in [1.165, 1.54) is 22.8 Å². The Morgan fingerprint density at radius 1 is 1.47 bits per heavy atom. The van der Waals surface area contributed by atoms with Gasteiger partial charge in [-0.2, -0.15) is 0 Å².